The molecule has 3 rings (SSSR count). The van der Waals surface area contributed by atoms with Gasteiger partial charge in [0.2, 0.25) is 5.69 Å². The van der Waals surface area contributed by atoms with Crippen molar-refractivity contribution >= 4 is 17.6 Å². The molecule has 0 radical (unpaired) electrons. The Morgan fingerprint density at radius 1 is 1.24 bits per heavy atom. The summed E-state index contributed by atoms with van der Waals surface area (Å²) < 4.78 is 17.1. The van der Waals surface area contributed by atoms with Gasteiger partial charge in [0.25, 0.3) is 11.6 Å². The molecule has 0 N–H and O–H groups in total. The van der Waals surface area contributed by atoms with E-state index in [-0.39, 0.29) is 36.3 Å². The summed E-state index contributed by atoms with van der Waals surface area (Å²) in [6, 6.07) is 5.62. The first-order chi connectivity index (χ1) is 14.0. The molecule has 0 unspecified atom stereocenters. The number of hydrogen-bond donors (Lipinski definition) is 0. The molecular formula is C18H20N4O7. The number of carbonyl (C=O) groups excluding carboxylic acids is 2. The Labute approximate surface area is 165 Å². The number of nitrogens with zero attached hydrogens (tertiary/aromatic N) is 4. The highest BCUT2D eigenvalue weighted by atomic mass is 16.6. The molecule has 0 saturated carbocycles. The number of esters is 1. The van der Waals surface area contributed by atoms with Crippen molar-refractivity contribution in [1.29, 1.82) is 0 Å². The summed E-state index contributed by atoms with van der Waals surface area (Å²) in [6.07, 6.45) is 1.43. The van der Waals surface area contributed by atoms with Crippen LogP contribution in [0, 0.1) is 10.1 Å². The predicted octanol–water partition coefficient (Wildman–Crippen LogP) is 1.19. The number of benzene rings is 1. The van der Waals surface area contributed by atoms with E-state index in [1.807, 2.05) is 0 Å². The minimum absolute atomic E-state index is 0.0703. The highest BCUT2D eigenvalue weighted by Gasteiger charge is 2.23. The van der Waals surface area contributed by atoms with E-state index in [1.54, 1.807) is 11.8 Å². The number of aromatic nitrogens is 2. The summed E-state index contributed by atoms with van der Waals surface area (Å²) in [5.74, 6) is -0.836. The van der Waals surface area contributed by atoms with Crippen molar-refractivity contribution in [3.8, 4) is 11.4 Å². The van der Waals surface area contributed by atoms with Crippen LogP contribution in [0.15, 0.2) is 30.5 Å². The molecule has 1 fully saturated rings. The van der Waals surface area contributed by atoms with Gasteiger partial charge < -0.3 is 19.1 Å². The van der Waals surface area contributed by atoms with E-state index in [0.717, 1.165) is 0 Å². The van der Waals surface area contributed by atoms with E-state index in [9.17, 15) is 19.7 Å². The third kappa shape index (κ3) is 4.88. The Morgan fingerprint density at radius 3 is 2.55 bits per heavy atom. The molecule has 1 aromatic carbocycles. The molecule has 2 heterocycles. The Hall–Kier alpha value is -3.47. The van der Waals surface area contributed by atoms with Gasteiger partial charge in [0.1, 0.15) is 0 Å². The van der Waals surface area contributed by atoms with E-state index in [2.05, 4.69) is 5.10 Å². The van der Waals surface area contributed by atoms with Gasteiger partial charge in [-0.2, -0.15) is 5.10 Å². The zero-order valence-electron chi connectivity index (χ0n) is 15.8. The van der Waals surface area contributed by atoms with Gasteiger partial charge in [-0.15, -0.1) is 0 Å². The molecule has 2 aromatic rings. The Morgan fingerprint density at radius 2 is 1.93 bits per heavy atom. The SMILES string of the molecule is CCOC(=O)c1nn(-c2ccc([N+](=O)[O-])cc2)cc1OCC(=O)N1CCOCC1. The minimum atomic E-state index is -0.693. The molecule has 1 aromatic heterocycles. The van der Waals surface area contributed by atoms with Gasteiger partial charge in [-0.05, 0) is 19.1 Å². The first kappa shape index (κ1) is 20.3. The van der Waals surface area contributed by atoms with Crippen LogP contribution in [0.3, 0.4) is 0 Å². The summed E-state index contributed by atoms with van der Waals surface area (Å²) >= 11 is 0. The molecular weight excluding hydrogens is 384 g/mol. The fraction of sp³-hybridized carbons (Fsp3) is 0.389. The molecule has 1 aliphatic rings. The van der Waals surface area contributed by atoms with Crippen molar-refractivity contribution in [2.75, 3.05) is 39.5 Å². The lowest BCUT2D eigenvalue weighted by Gasteiger charge is -2.26. The molecule has 1 amide bonds. The van der Waals surface area contributed by atoms with E-state index in [4.69, 9.17) is 14.2 Å². The third-order valence-electron chi connectivity index (χ3n) is 4.19. The van der Waals surface area contributed by atoms with Crippen LogP contribution in [0.2, 0.25) is 0 Å². The quantitative estimate of drug-likeness (QED) is 0.383. The number of carbonyl (C=O) groups is 2. The Bertz CT molecular complexity index is 888. The van der Waals surface area contributed by atoms with Gasteiger partial charge in [0.15, 0.2) is 12.4 Å². The lowest BCUT2D eigenvalue weighted by atomic mass is 10.3. The number of non-ortho nitro benzene ring substituents is 1. The molecule has 0 atom stereocenters. The van der Waals surface area contributed by atoms with Gasteiger partial charge in [-0.1, -0.05) is 0 Å². The van der Waals surface area contributed by atoms with Crippen molar-refractivity contribution in [3.63, 3.8) is 0 Å². The second-order valence-electron chi connectivity index (χ2n) is 6.06. The van der Waals surface area contributed by atoms with Crippen molar-refractivity contribution in [3.05, 3.63) is 46.3 Å². The number of nitro benzene ring substituents is 1. The van der Waals surface area contributed by atoms with Crippen LogP contribution in [0.1, 0.15) is 17.4 Å². The average Bonchev–Trinajstić information content (AvgIpc) is 3.17. The van der Waals surface area contributed by atoms with E-state index in [1.165, 1.54) is 35.1 Å². The maximum absolute atomic E-state index is 12.3. The molecule has 29 heavy (non-hydrogen) atoms. The Kier molecular flexibility index (Phi) is 6.39. The van der Waals surface area contributed by atoms with Crippen molar-refractivity contribution in [2.24, 2.45) is 0 Å². The van der Waals surface area contributed by atoms with Crippen molar-refractivity contribution in [2.45, 2.75) is 6.92 Å². The second-order valence-corrected chi connectivity index (χ2v) is 6.06. The lowest BCUT2D eigenvalue weighted by Crippen LogP contribution is -2.43. The van der Waals surface area contributed by atoms with Crippen LogP contribution >= 0.6 is 0 Å². The predicted molar refractivity (Wildman–Crippen MR) is 99.1 cm³/mol. The van der Waals surface area contributed by atoms with Crippen LogP contribution in [-0.4, -0.2) is 71.0 Å². The highest BCUT2D eigenvalue weighted by molar-refractivity contribution is 5.90. The molecule has 0 bridgehead atoms. The molecule has 1 aliphatic heterocycles. The Balaban J connectivity index is 1.79. The van der Waals surface area contributed by atoms with Gasteiger partial charge in [-0.25, -0.2) is 9.48 Å². The largest absolute Gasteiger partial charge is 0.480 e. The molecule has 0 aliphatic carbocycles. The zero-order chi connectivity index (χ0) is 20.8. The van der Waals surface area contributed by atoms with Crippen molar-refractivity contribution < 1.29 is 28.7 Å². The monoisotopic (exact) mass is 404 g/mol. The fourth-order valence-corrected chi connectivity index (χ4v) is 2.71. The minimum Gasteiger partial charge on any atom is -0.480 e. The number of rotatable bonds is 7. The van der Waals surface area contributed by atoms with E-state index in [0.29, 0.717) is 32.0 Å². The molecule has 154 valence electrons. The summed E-state index contributed by atoms with van der Waals surface area (Å²) in [7, 11) is 0. The van der Waals surface area contributed by atoms with Crippen molar-refractivity contribution in [1.82, 2.24) is 14.7 Å². The first-order valence-corrected chi connectivity index (χ1v) is 8.99. The lowest BCUT2D eigenvalue weighted by molar-refractivity contribution is -0.384. The normalized spacial score (nSPS) is 13.8. The van der Waals surface area contributed by atoms with E-state index < -0.39 is 10.9 Å². The van der Waals surface area contributed by atoms with Crippen LogP contribution in [0.4, 0.5) is 5.69 Å². The second kappa shape index (κ2) is 9.15. The number of hydrogen-bond acceptors (Lipinski definition) is 8. The maximum Gasteiger partial charge on any atom is 0.362 e. The van der Waals surface area contributed by atoms with Crippen LogP contribution in [-0.2, 0) is 14.3 Å². The van der Waals surface area contributed by atoms with Crippen LogP contribution in [0.25, 0.3) is 5.69 Å². The summed E-state index contributed by atoms with van der Waals surface area (Å²) in [5.41, 5.74) is 0.328. The summed E-state index contributed by atoms with van der Waals surface area (Å²) in [5, 5.41) is 15.0. The van der Waals surface area contributed by atoms with Crippen LogP contribution < -0.4 is 4.74 Å². The number of morpholine rings is 1. The number of ether oxygens (including phenoxy) is 3. The summed E-state index contributed by atoms with van der Waals surface area (Å²) in [4.78, 5) is 36.4. The van der Waals surface area contributed by atoms with Gasteiger partial charge in [0.05, 0.1) is 36.6 Å². The van der Waals surface area contributed by atoms with Gasteiger partial charge in [-0.3, -0.25) is 14.9 Å². The maximum atomic E-state index is 12.3. The molecule has 0 spiro atoms. The van der Waals surface area contributed by atoms with Gasteiger partial charge in [0, 0.05) is 25.2 Å². The zero-order valence-corrected chi connectivity index (χ0v) is 15.8. The molecule has 11 heteroatoms. The third-order valence-corrected chi connectivity index (χ3v) is 4.19. The number of amides is 1. The smallest absolute Gasteiger partial charge is 0.362 e. The summed E-state index contributed by atoms with van der Waals surface area (Å²) in [6.45, 7) is 3.45. The first-order valence-electron chi connectivity index (χ1n) is 8.99. The average molecular weight is 404 g/mol. The highest BCUT2D eigenvalue weighted by Crippen LogP contribution is 2.22. The standard InChI is InChI=1S/C18H20N4O7/c1-2-28-18(24)17-15(29-12-16(23)20-7-9-27-10-8-20)11-21(19-17)13-3-5-14(6-4-13)22(25)26/h3-6,11H,2,7-10,12H2,1H3. The van der Waals surface area contributed by atoms with Crippen LogP contribution in [0.5, 0.6) is 5.75 Å². The number of nitro groups is 1. The fourth-order valence-electron chi connectivity index (χ4n) is 2.71. The topological polar surface area (TPSA) is 126 Å². The molecule has 11 nitrogen and oxygen atoms in total. The van der Waals surface area contributed by atoms with E-state index >= 15 is 0 Å². The molecule has 1 saturated heterocycles. The van der Waals surface area contributed by atoms with Gasteiger partial charge >= 0.3 is 5.97 Å².